The summed E-state index contributed by atoms with van der Waals surface area (Å²) in [6.45, 7) is 0.461. The van der Waals surface area contributed by atoms with Crippen molar-refractivity contribution >= 4 is 28.6 Å². The molecule has 0 radical (unpaired) electrons. The van der Waals surface area contributed by atoms with Crippen LogP contribution in [0.25, 0.3) is 0 Å². The Kier molecular flexibility index (Phi) is 4.29. The van der Waals surface area contributed by atoms with Crippen LogP contribution in [0.4, 0.5) is 5.69 Å². The third kappa shape index (κ3) is 2.87. The number of aromatic nitrogens is 3. The number of rotatable bonds is 5. The Bertz CT molecular complexity index is 570. The van der Waals surface area contributed by atoms with E-state index in [0.29, 0.717) is 12.2 Å². The molecule has 96 valence electrons. The first-order valence-corrected chi connectivity index (χ1v) is 6.47. The molecule has 0 unspecified atom stereocenters. The maximum atomic E-state index is 11.7. The van der Waals surface area contributed by atoms with Crippen molar-refractivity contribution < 1.29 is 5.11 Å². The average Bonchev–Trinajstić information content (AvgIpc) is 2.87. The summed E-state index contributed by atoms with van der Waals surface area (Å²) in [6.07, 6.45) is 3.17. The van der Waals surface area contributed by atoms with Gasteiger partial charge in [-0.05, 0) is 0 Å². The summed E-state index contributed by atoms with van der Waals surface area (Å²) in [5.41, 5.74) is 0.0425. The second kappa shape index (κ2) is 5.94. The molecule has 2 aromatic heterocycles. The fourth-order valence-corrected chi connectivity index (χ4v) is 2.12. The third-order valence-electron chi connectivity index (χ3n) is 2.21. The Labute approximate surface area is 112 Å². The van der Waals surface area contributed by atoms with E-state index in [1.807, 2.05) is 5.38 Å². The summed E-state index contributed by atoms with van der Waals surface area (Å²) in [4.78, 5) is 15.9. The summed E-state index contributed by atoms with van der Waals surface area (Å²) in [7, 11) is 0. The molecule has 0 amide bonds. The maximum Gasteiger partial charge on any atom is 0.287 e. The Morgan fingerprint density at radius 3 is 3.06 bits per heavy atom. The van der Waals surface area contributed by atoms with E-state index >= 15 is 0 Å². The van der Waals surface area contributed by atoms with Crippen LogP contribution in [0.15, 0.2) is 22.6 Å². The highest BCUT2D eigenvalue weighted by Crippen LogP contribution is 2.16. The summed E-state index contributed by atoms with van der Waals surface area (Å²) in [6, 6.07) is 0. The number of thiazole rings is 1. The molecule has 0 saturated carbocycles. The molecule has 0 aliphatic carbocycles. The Morgan fingerprint density at radius 2 is 2.39 bits per heavy atom. The monoisotopic (exact) mass is 286 g/mol. The summed E-state index contributed by atoms with van der Waals surface area (Å²) in [5.74, 6) is 0. The number of hydrogen-bond acceptors (Lipinski definition) is 6. The van der Waals surface area contributed by atoms with E-state index in [0.717, 1.165) is 9.69 Å². The molecule has 0 aliphatic heterocycles. The van der Waals surface area contributed by atoms with Crippen molar-refractivity contribution in [2.24, 2.45) is 0 Å². The molecule has 2 heterocycles. The highest BCUT2D eigenvalue weighted by atomic mass is 35.5. The Morgan fingerprint density at radius 1 is 1.56 bits per heavy atom. The van der Waals surface area contributed by atoms with Gasteiger partial charge in [0.2, 0.25) is 0 Å². The first-order valence-electron chi connectivity index (χ1n) is 5.21. The number of aliphatic hydroxyl groups excluding tert-OH is 1. The normalized spacial score (nSPS) is 10.6. The Balaban J connectivity index is 2.14. The van der Waals surface area contributed by atoms with Gasteiger partial charge >= 0.3 is 0 Å². The predicted octanol–water partition coefficient (Wildman–Crippen LogP) is 0.958. The molecule has 0 fully saturated rings. The average molecular weight is 287 g/mol. The number of hydrogen-bond donors (Lipinski definition) is 2. The largest absolute Gasteiger partial charge is 0.394 e. The van der Waals surface area contributed by atoms with Crippen LogP contribution in [-0.2, 0) is 13.1 Å². The molecule has 0 aliphatic rings. The van der Waals surface area contributed by atoms with Crippen molar-refractivity contribution in [3.8, 4) is 0 Å². The van der Waals surface area contributed by atoms with Crippen LogP contribution in [-0.4, -0.2) is 26.5 Å². The lowest BCUT2D eigenvalue weighted by molar-refractivity contribution is 0.266. The van der Waals surface area contributed by atoms with E-state index in [4.69, 9.17) is 16.7 Å². The highest BCUT2D eigenvalue weighted by molar-refractivity contribution is 7.09. The zero-order valence-corrected chi connectivity index (χ0v) is 10.9. The van der Waals surface area contributed by atoms with Gasteiger partial charge in [0.25, 0.3) is 5.56 Å². The first kappa shape index (κ1) is 13.0. The molecule has 0 aromatic carbocycles. The van der Waals surface area contributed by atoms with E-state index in [1.54, 1.807) is 6.20 Å². The summed E-state index contributed by atoms with van der Waals surface area (Å²) in [5, 5.41) is 18.5. The molecule has 0 saturated heterocycles. The molecule has 2 aromatic rings. The van der Waals surface area contributed by atoms with Gasteiger partial charge in [0.05, 0.1) is 31.6 Å². The first-order chi connectivity index (χ1) is 8.72. The van der Waals surface area contributed by atoms with E-state index < -0.39 is 5.56 Å². The van der Waals surface area contributed by atoms with Crippen LogP contribution < -0.4 is 10.9 Å². The number of nitrogens with one attached hydrogen (secondary N) is 1. The zero-order valence-electron chi connectivity index (χ0n) is 9.34. The van der Waals surface area contributed by atoms with Gasteiger partial charge in [-0.15, -0.1) is 11.3 Å². The van der Waals surface area contributed by atoms with Crippen LogP contribution in [0.3, 0.4) is 0 Å². The molecule has 0 bridgehead atoms. The summed E-state index contributed by atoms with van der Waals surface area (Å²) >= 11 is 7.45. The maximum absolute atomic E-state index is 11.7. The van der Waals surface area contributed by atoms with Crippen molar-refractivity contribution in [1.82, 2.24) is 14.8 Å². The lowest BCUT2D eigenvalue weighted by atomic mass is 10.4. The van der Waals surface area contributed by atoms with Crippen LogP contribution in [0.5, 0.6) is 0 Å². The second-order valence-electron chi connectivity index (χ2n) is 3.40. The van der Waals surface area contributed by atoms with Gasteiger partial charge in [-0.1, -0.05) is 11.6 Å². The van der Waals surface area contributed by atoms with Gasteiger partial charge in [0, 0.05) is 11.6 Å². The highest BCUT2D eigenvalue weighted by Gasteiger charge is 2.09. The molecular weight excluding hydrogens is 276 g/mol. The minimum atomic E-state index is -0.421. The fraction of sp³-hybridized carbons (Fsp3) is 0.300. The van der Waals surface area contributed by atoms with E-state index in [9.17, 15) is 4.79 Å². The molecular formula is C10H11ClN4O2S. The van der Waals surface area contributed by atoms with E-state index in [1.165, 1.54) is 17.5 Å². The standard InChI is InChI=1S/C10H11ClN4O2S/c11-9-7(13-6-8-12-1-4-18-8)5-14-15(2-3-16)10(9)17/h1,4-5,13,16H,2-3,6H2. The number of anilines is 1. The zero-order chi connectivity index (χ0) is 13.0. The Hall–Kier alpha value is -1.44. The van der Waals surface area contributed by atoms with Gasteiger partial charge in [0.1, 0.15) is 10.0 Å². The SMILES string of the molecule is O=c1c(Cl)c(NCc2nccs2)cnn1CCO. The summed E-state index contributed by atoms with van der Waals surface area (Å²) < 4.78 is 1.12. The molecule has 2 rings (SSSR count). The fourth-order valence-electron chi connectivity index (χ4n) is 1.35. The molecule has 2 N–H and O–H groups in total. The van der Waals surface area contributed by atoms with Gasteiger partial charge in [0.15, 0.2) is 0 Å². The van der Waals surface area contributed by atoms with Crippen LogP contribution in [0.1, 0.15) is 5.01 Å². The van der Waals surface area contributed by atoms with Gasteiger partial charge in [-0.2, -0.15) is 5.10 Å². The van der Waals surface area contributed by atoms with Crippen molar-refractivity contribution in [3.63, 3.8) is 0 Å². The van der Waals surface area contributed by atoms with E-state index in [2.05, 4.69) is 15.4 Å². The van der Waals surface area contributed by atoms with E-state index in [-0.39, 0.29) is 18.2 Å². The minimum Gasteiger partial charge on any atom is -0.394 e. The third-order valence-corrected chi connectivity index (χ3v) is 3.36. The van der Waals surface area contributed by atoms with Crippen molar-refractivity contribution in [3.05, 3.63) is 38.2 Å². The predicted molar refractivity (Wildman–Crippen MR) is 70.0 cm³/mol. The van der Waals surface area contributed by atoms with Crippen LogP contribution in [0.2, 0.25) is 5.02 Å². The lowest BCUT2D eigenvalue weighted by Crippen LogP contribution is -2.25. The number of halogens is 1. The smallest absolute Gasteiger partial charge is 0.287 e. The minimum absolute atomic E-state index is 0.0648. The van der Waals surface area contributed by atoms with Crippen LogP contribution >= 0.6 is 22.9 Å². The van der Waals surface area contributed by atoms with Crippen molar-refractivity contribution in [2.75, 3.05) is 11.9 Å². The van der Waals surface area contributed by atoms with Gasteiger partial charge in [-0.3, -0.25) is 4.79 Å². The van der Waals surface area contributed by atoms with Crippen molar-refractivity contribution in [2.45, 2.75) is 13.1 Å². The van der Waals surface area contributed by atoms with Crippen molar-refractivity contribution in [1.29, 1.82) is 0 Å². The molecule has 0 atom stereocenters. The number of aliphatic hydroxyl groups is 1. The number of nitrogens with zero attached hydrogens (tertiary/aromatic N) is 3. The molecule has 6 nitrogen and oxygen atoms in total. The quantitative estimate of drug-likeness (QED) is 0.856. The topological polar surface area (TPSA) is 80.0 Å². The molecule has 18 heavy (non-hydrogen) atoms. The molecule has 8 heteroatoms. The van der Waals surface area contributed by atoms with Crippen LogP contribution in [0, 0.1) is 0 Å². The molecule has 0 spiro atoms. The lowest BCUT2D eigenvalue weighted by Gasteiger charge is -2.08. The van der Waals surface area contributed by atoms with Gasteiger partial charge in [-0.25, -0.2) is 9.67 Å². The van der Waals surface area contributed by atoms with Gasteiger partial charge < -0.3 is 10.4 Å². The second-order valence-corrected chi connectivity index (χ2v) is 4.76.